The van der Waals surface area contributed by atoms with Gasteiger partial charge >= 0.3 is 0 Å². The first-order valence-electron chi connectivity index (χ1n) is 9.11. The normalized spacial score (nSPS) is 11.9. The molecule has 0 aliphatic carbocycles. The van der Waals surface area contributed by atoms with Crippen molar-refractivity contribution in [3.8, 4) is 11.1 Å². The lowest BCUT2D eigenvalue weighted by atomic mass is 10.0. The zero-order chi connectivity index (χ0) is 20.8. The van der Waals surface area contributed by atoms with E-state index >= 15 is 0 Å². The van der Waals surface area contributed by atoms with Crippen molar-refractivity contribution in [3.63, 3.8) is 0 Å². The van der Waals surface area contributed by atoms with E-state index in [1.54, 1.807) is 12.1 Å². The Morgan fingerprint density at radius 1 is 0.931 bits per heavy atom. The molecule has 3 rings (SSSR count). The second-order valence-electron chi connectivity index (χ2n) is 6.63. The molecule has 0 saturated heterocycles. The molecule has 146 valence electrons. The first-order chi connectivity index (χ1) is 14.0. The van der Waals surface area contributed by atoms with Crippen LogP contribution in [-0.4, -0.2) is 23.8 Å². The van der Waals surface area contributed by atoms with Gasteiger partial charge in [-0.05, 0) is 46.5 Å². The molecule has 2 amide bonds. The van der Waals surface area contributed by atoms with Crippen LogP contribution in [0.5, 0.6) is 0 Å². The van der Waals surface area contributed by atoms with Gasteiger partial charge in [0.05, 0.1) is 0 Å². The Kier molecular flexibility index (Phi) is 6.19. The molecule has 0 bridgehead atoms. The van der Waals surface area contributed by atoms with Gasteiger partial charge in [-0.3, -0.25) is 9.59 Å². The van der Waals surface area contributed by atoms with Crippen molar-refractivity contribution in [3.05, 3.63) is 102 Å². The fourth-order valence-electron chi connectivity index (χ4n) is 3.12. The number of nitrogens with zero attached hydrogens (tertiary/aromatic N) is 1. The number of hydrogen-bond donors (Lipinski definition) is 1. The fraction of sp³-hybridized carbons (Fsp3) is 0.0833. The Morgan fingerprint density at radius 3 is 2.31 bits per heavy atom. The molecule has 1 atom stereocenters. The summed E-state index contributed by atoms with van der Waals surface area (Å²) in [6, 6.07) is 22.1. The molecule has 5 heteroatoms. The molecular weight excluding hydrogens is 367 g/mol. The van der Waals surface area contributed by atoms with Gasteiger partial charge in [-0.1, -0.05) is 60.7 Å². The molecule has 1 unspecified atom stereocenters. The van der Waals surface area contributed by atoms with E-state index in [1.165, 1.54) is 36.2 Å². The summed E-state index contributed by atoms with van der Waals surface area (Å²) in [6.45, 7) is 0. The minimum absolute atomic E-state index is 0.327. The van der Waals surface area contributed by atoms with Crippen LogP contribution in [0.2, 0.25) is 0 Å². The molecule has 4 nitrogen and oxygen atoms in total. The van der Waals surface area contributed by atoms with Gasteiger partial charge in [0, 0.05) is 13.1 Å². The van der Waals surface area contributed by atoms with Crippen LogP contribution in [0.3, 0.4) is 0 Å². The van der Waals surface area contributed by atoms with Crippen molar-refractivity contribution in [1.29, 1.82) is 0 Å². The number of nitrogens with two attached hydrogens (primary N) is 1. The molecule has 3 aromatic rings. The third kappa shape index (κ3) is 4.96. The second-order valence-corrected chi connectivity index (χ2v) is 6.63. The number of hydrogen-bond acceptors (Lipinski definition) is 2. The highest BCUT2D eigenvalue weighted by atomic mass is 19.1. The van der Waals surface area contributed by atoms with E-state index in [0.717, 1.165) is 16.7 Å². The van der Waals surface area contributed by atoms with Gasteiger partial charge in [-0.2, -0.15) is 0 Å². The van der Waals surface area contributed by atoms with E-state index in [0.29, 0.717) is 5.56 Å². The monoisotopic (exact) mass is 388 g/mol. The summed E-state index contributed by atoms with van der Waals surface area (Å²) in [5.41, 5.74) is 8.74. The third-order valence-electron chi connectivity index (χ3n) is 4.58. The first kappa shape index (κ1) is 20.0. The molecule has 0 spiro atoms. The SMILES string of the molecule is CN(C(=O)/C=C/c1cccc(-c2ccccc2)c1)C(C(N)=O)c1cccc(F)c1. The molecule has 0 aliphatic rings. The number of benzene rings is 3. The molecule has 3 aromatic carbocycles. The molecule has 0 radical (unpaired) electrons. The molecule has 0 saturated carbocycles. The summed E-state index contributed by atoms with van der Waals surface area (Å²) in [4.78, 5) is 25.7. The summed E-state index contributed by atoms with van der Waals surface area (Å²) in [5.74, 6) is -1.64. The Hall–Kier alpha value is -3.73. The Bertz CT molecular complexity index is 1050. The number of amides is 2. The smallest absolute Gasteiger partial charge is 0.247 e. The highest BCUT2D eigenvalue weighted by Crippen LogP contribution is 2.22. The van der Waals surface area contributed by atoms with Crippen LogP contribution in [0.15, 0.2) is 84.9 Å². The number of likely N-dealkylation sites (N-methyl/N-ethyl adjacent to an activating group) is 1. The number of carbonyl (C=O) groups is 2. The zero-order valence-corrected chi connectivity index (χ0v) is 16.0. The zero-order valence-electron chi connectivity index (χ0n) is 16.0. The van der Waals surface area contributed by atoms with Crippen molar-refractivity contribution in [2.45, 2.75) is 6.04 Å². The summed E-state index contributed by atoms with van der Waals surface area (Å²) < 4.78 is 13.5. The van der Waals surface area contributed by atoms with Crippen LogP contribution in [0.4, 0.5) is 4.39 Å². The van der Waals surface area contributed by atoms with Gasteiger partial charge < -0.3 is 10.6 Å². The fourth-order valence-corrected chi connectivity index (χ4v) is 3.12. The summed E-state index contributed by atoms with van der Waals surface area (Å²) >= 11 is 0. The van der Waals surface area contributed by atoms with Gasteiger partial charge in [0.1, 0.15) is 11.9 Å². The highest BCUT2D eigenvalue weighted by molar-refractivity contribution is 5.95. The molecule has 0 fully saturated rings. The third-order valence-corrected chi connectivity index (χ3v) is 4.58. The van der Waals surface area contributed by atoms with E-state index in [9.17, 15) is 14.0 Å². The van der Waals surface area contributed by atoms with Crippen LogP contribution in [0, 0.1) is 5.82 Å². The number of carbonyl (C=O) groups excluding carboxylic acids is 2. The van der Waals surface area contributed by atoms with Crippen molar-refractivity contribution in [1.82, 2.24) is 4.90 Å². The van der Waals surface area contributed by atoms with Gasteiger partial charge in [0.15, 0.2) is 0 Å². The molecule has 0 heterocycles. The summed E-state index contributed by atoms with van der Waals surface area (Å²) in [6.07, 6.45) is 3.05. The van der Waals surface area contributed by atoms with E-state index < -0.39 is 23.7 Å². The minimum Gasteiger partial charge on any atom is -0.368 e. The maximum absolute atomic E-state index is 13.5. The topological polar surface area (TPSA) is 63.4 Å². The van der Waals surface area contributed by atoms with Crippen LogP contribution >= 0.6 is 0 Å². The lowest BCUT2D eigenvalue weighted by molar-refractivity contribution is -0.134. The number of halogens is 1. The van der Waals surface area contributed by atoms with Crippen molar-refractivity contribution in [2.75, 3.05) is 7.05 Å². The van der Waals surface area contributed by atoms with Crippen molar-refractivity contribution < 1.29 is 14.0 Å². The standard InChI is InChI=1S/C24H21FN2O2/c1-27(23(24(26)29)20-11-6-12-21(25)16-20)22(28)14-13-17-7-5-10-19(15-17)18-8-3-2-4-9-18/h2-16,23H,1H3,(H2,26,29)/b14-13+. The van der Waals surface area contributed by atoms with E-state index in [-0.39, 0.29) is 0 Å². The van der Waals surface area contributed by atoms with Crippen molar-refractivity contribution >= 4 is 17.9 Å². The van der Waals surface area contributed by atoms with Gasteiger partial charge in [-0.25, -0.2) is 4.39 Å². The summed E-state index contributed by atoms with van der Waals surface area (Å²) in [5, 5.41) is 0. The molecule has 0 aromatic heterocycles. The van der Waals surface area contributed by atoms with Crippen LogP contribution in [-0.2, 0) is 9.59 Å². The lowest BCUT2D eigenvalue weighted by Gasteiger charge is -2.25. The lowest BCUT2D eigenvalue weighted by Crippen LogP contribution is -2.38. The Morgan fingerprint density at radius 2 is 1.62 bits per heavy atom. The van der Waals surface area contributed by atoms with Crippen LogP contribution in [0.25, 0.3) is 17.2 Å². The van der Waals surface area contributed by atoms with Crippen LogP contribution in [0.1, 0.15) is 17.2 Å². The predicted molar refractivity (Wildman–Crippen MR) is 112 cm³/mol. The maximum atomic E-state index is 13.5. The van der Waals surface area contributed by atoms with E-state index in [1.807, 2.05) is 54.6 Å². The quantitative estimate of drug-likeness (QED) is 0.644. The first-order valence-corrected chi connectivity index (χ1v) is 9.11. The van der Waals surface area contributed by atoms with Gasteiger partial charge in [-0.15, -0.1) is 0 Å². The van der Waals surface area contributed by atoms with Gasteiger partial charge in [0.2, 0.25) is 11.8 Å². The molecule has 29 heavy (non-hydrogen) atoms. The predicted octanol–water partition coefficient (Wildman–Crippen LogP) is 4.19. The van der Waals surface area contributed by atoms with Crippen molar-refractivity contribution in [2.24, 2.45) is 5.73 Å². The van der Waals surface area contributed by atoms with Crippen LogP contribution < -0.4 is 5.73 Å². The average molecular weight is 388 g/mol. The molecule has 0 aliphatic heterocycles. The van der Waals surface area contributed by atoms with Gasteiger partial charge in [0.25, 0.3) is 0 Å². The average Bonchev–Trinajstić information content (AvgIpc) is 2.73. The minimum atomic E-state index is -1.06. The Balaban J connectivity index is 1.80. The highest BCUT2D eigenvalue weighted by Gasteiger charge is 2.25. The largest absolute Gasteiger partial charge is 0.368 e. The molecule has 2 N–H and O–H groups in total. The second kappa shape index (κ2) is 8.97. The summed E-state index contributed by atoms with van der Waals surface area (Å²) in [7, 11) is 1.47. The van der Waals surface area contributed by atoms with E-state index in [2.05, 4.69) is 0 Å². The Labute approximate surface area is 169 Å². The number of rotatable bonds is 6. The number of primary amides is 1. The van der Waals surface area contributed by atoms with E-state index in [4.69, 9.17) is 5.73 Å². The molecular formula is C24H21FN2O2. The maximum Gasteiger partial charge on any atom is 0.247 e.